The van der Waals surface area contributed by atoms with Crippen LogP contribution in [0.4, 0.5) is 27.6 Å². The van der Waals surface area contributed by atoms with Crippen LogP contribution < -0.4 is 36.1 Å². The standard InChI is InChI=1S/C17H17F3N2O3.C17H20N2O4.C16H16Cl2N2O3/c1-11(22(24)16(21)23)13-4-8-15(9-5-13)25-10-12-2-6-14(7-3-12)17(18,19)20;1-12(19(21)17(18)20)14-5-9-16(10-6-14)23-11-13-3-7-15(22-2)8-4-13;1-10(20(22)16(19)21)12-7-13(17)15(14(18)8-12)23-9-11-5-3-2-4-6-11/h2-9,11,24H,10H2,1H3,(H2,21,23);3-10,12,21H,11H2,1-2H3,(H2,18,20);2-8,10,22H,9H2,1H3,(H2,19,21). The molecule has 9 N–H and O–H groups in total. The number of alkyl halides is 3. The molecule has 3 unspecified atom stereocenters. The summed E-state index contributed by atoms with van der Waals surface area (Å²) in [5.74, 6) is 2.34. The van der Waals surface area contributed by atoms with Crippen molar-refractivity contribution in [3.8, 4) is 23.0 Å². The van der Waals surface area contributed by atoms with E-state index in [2.05, 4.69) is 0 Å². The van der Waals surface area contributed by atoms with Crippen molar-refractivity contribution in [2.45, 2.75) is 64.9 Å². The van der Waals surface area contributed by atoms with Gasteiger partial charge < -0.3 is 36.1 Å². The molecule has 0 aliphatic rings. The Bertz CT molecular complexity index is 2610. The molecule has 0 saturated heterocycles. The summed E-state index contributed by atoms with van der Waals surface area (Å²) >= 11 is 12.4. The van der Waals surface area contributed by atoms with Gasteiger partial charge in [-0.2, -0.15) is 28.4 Å². The van der Waals surface area contributed by atoms with Gasteiger partial charge in [-0.3, -0.25) is 15.6 Å². The fraction of sp³-hybridized carbons (Fsp3) is 0.220. The smallest absolute Gasteiger partial charge is 0.416 e. The molecule has 71 heavy (non-hydrogen) atoms. The van der Waals surface area contributed by atoms with E-state index in [-0.39, 0.29) is 16.7 Å². The van der Waals surface area contributed by atoms with E-state index in [9.17, 15) is 43.2 Å². The largest absolute Gasteiger partial charge is 0.497 e. The van der Waals surface area contributed by atoms with Gasteiger partial charge >= 0.3 is 24.3 Å². The summed E-state index contributed by atoms with van der Waals surface area (Å²) in [4.78, 5) is 32.9. The summed E-state index contributed by atoms with van der Waals surface area (Å²) in [6.45, 7) is 5.74. The van der Waals surface area contributed by atoms with E-state index in [0.717, 1.165) is 34.6 Å². The van der Waals surface area contributed by atoms with Gasteiger partial charge in [-0.25, -0.2) is 14.4 Å². The van der Waals surface area contributed by atoms with Crippen LogP contribution in [0.1, 0.15) is 77.8 Å². The zero-order valence-electron chi connectivity index (χ0n) is 38.8. The van der Waals surface area contributed by atoms with Crippen LogP contribution in [0.15, 0.2) is 140 Å². The lowest BCUT2D eigenvalue weighted by atomic mass is 10.1. The van der Waals surface area contributed by atoms with Crippen LogP contribution in [0.25, 0.3) is 0 Å². The first-order chi connectivity index (χ1) is 33.6. The molecule has 0 aliphatic carbocycles. The summed E-state index contributed by atoms with van der Waals surface area (Å²) in [5.41, 5.74) is 18.9. The molecule has 21 heteroatoms. The molecule has 6 aromatic rings. The number of hydrogen-bond donors (Lipinski definition) is 6. The normalized spacial score (nSPS) is 12.0. The Hall–Kier alpha value is -7.42. The molecule has 0 fully saturated rings. The van der Waals surface area contributed by atoms with Gasteiger partial charge in [0.15, 0.2) is 5.75 Å². The molecule has 0 saturated carbocycles. The fourth-order valence-corrected chi connectivity index (χ4v) is 6.83. The van der Waals surface area contributed by atoms with Gasteiger partial charge in [0.1, 0.15) is 37.1 Å². The van der Waals surface area contributed by atoms with Crippen molar-refractivity contribution < 1.29 is 62.1 Å². The van der Waals surface area contributed by atoms with Crippen LogP contribution in [0.2, 0.25) is 10.0 Å². The lowest BCUT2D eigenvalue weighted by molar-refractivity contribution is -0.137. The van der Waals surface area contributed by atoms with E-state index in [1.165, 1.54) is 12.1 Å². The van der Waals surface area contributed by atoms with Crippen molar-refractivity contribution in [2.24, 2.45) is 17.2 Å². The molecule has 16 nitrogen and oxygen atoms in total. The molecule has 6 aromatic carbocycles. The van der Waals surface area contributed by atoms with Crippen molar-refractivity contribution in [1.29, 1.82) is 0 Å². The number of hydroxylamine groups is 6. The fourth-order valence-electron chi connectivity index (χ4n) is 6.21. The molecular formula is C50H53Cl2F3N6O10. The summed E-state index contributed by atoms with van der Waals surface area (Å²) in [5, 5.41) is 30.5. The number of carbonyl (C=O) groups excluding carboxylic acids is 3. The number of urea groups is 3. The predicted molar refractivity (Wildman–Crippen MR) is 258 cm³/mol. The summed E-state index contributed by atoms with van der Waals surface area (Å²) in [6.07, 6.45) is -4.36. The number of carbonyl (C=O) groups is 3. The highest BCUT2D eigenvalue weighted by Crippen LogP contribution is 2.37. The van der Waals surface area contributed by atoms with Crippen molar-refractivity contribution in [1.82, 2.24) is 15.2 Å². The quantitative estimate of drug-likeness (QED) is 0.0396. The van der Waals surface area contributed by atoms with E-state index >= 15 is 0 Å². The van der Waals surface area contributed by atoms with Gasteiger partial charge in [0.2, 0.25) is 0 Å². The molecule has 0 radical (unpaired) electrons. The first-order valence-electron chi connectivity index (χ1n) is 21.3. The number of nitrogens with two attached hydrogens (primary N) is 3. The summed E-state index contributed by atoms with van der Waals surface area (Å²) < 4.78 is 59.5. The number of nitrogens with zero attached hydrogens (tertiary/aromatic N) is 3. The monoisotopic (exact) mass is 1020 g/mol. The Morgan fingerprint density at radius 1 is 0.521 bits per heavy atom. The Labute approximate surface area is 417 Å². The van der Waals surface area contributed by atoms with E-state index in [1.54, 1.807) is 88.5 Å². The minimum Gasteiger partial charge on any atom is -0.497 e. The van der Waals surface area contributed by atoms with E-state index in [4.69, 9.17) is 59.4 Å². The molecule has 6 rings (SSSR count). The minimum absolute atomic E-state index is 0.112. The van der Waals surface area contributed by atoms with Gasteiger partial charge in [-0.15, -0.1) is 0 Å². The third-order valence-corrected chi connectivity index (χ3v) is 11.0. The third-order valence-electron chi connectivity index (χ3n) is 10.5. The highest BCUT2D eigenvalue weighted by atomic mass is 35.5. The highest BCUT2D eigenvalue weighted by Gasteiger charge is 2.30. The number of primary amides is 3. The Kier molecular flexibility index (Phi) is 21.0. The summed E-state index contributed by atoms with van der Waals surface area (Å²) in [6, 6.07) is 34.1. The predicted octanol–water partition coefficient (Wildman–Crippen LogP) is 11.6. The zero-order chi connectivity index (χ0) is 52.4. The van der Waals surface area contributed by atoms with Gasteiger partial charge in [0, 0.05) is 0 Å². The van der Waals surface area contributed by atoms with Crippen LogP contribution in [-0.2, 0) is 26.0 Å². The molecule has 0 aliphatic heterocycles. The summed E-state index contributed by atoms with van der Waals surface area (Å²) in [7, 11) is 1.62. The van der Waals surface area contributed by atoms with Crippen molar-refractivity contribution in [3.63, 3.8) is 0 Å². The molecule has 0 heterocycles. The van der Waals surface area contributed by atoms with Crippen LogP contribution in [0.5, 0.6) is 23.0 Å². The Morgan fingerprint density at radius 2 is 0.859 bits per heavy atom. The third kappa shape index (κ3) is 17.2. The number of halogens is 5. The second-order valence-electron chi connectivity index (χ2n) is 15.4. The van der Waals surface area contributed by atoms with E-state index < -0.39 is 48.0 Å². The molecule has 0 bridgehead atoms. The lowest BCUT2D eigenvalue weighted by Gasteiger charge is -2.22. The highest BCUT2D eigenvalue weighted by molar-refractivity contribution is 6.37. The lowest BCUT2D eigenvalue weighted by Crippen LogP contribution is -2.34. The molecule has 378 valence electrons. The topological polar surface area (TPSA) is 237 Å². The Balaban J connectivity index is 0.000000232. The van der Waals surface area contributed by atoms with Gasteiger partial charge in [0.25, 0.3) is 0 Å². The minimum atomic E-state index is -4.36. The molecule has 6 amide bonds. The van der Waals surface area contributed by atoms with Crippen LogP contribution >= 0.6 is 23.2 Å². The SMILES string of the molecule is CC(c1cc(Cl)c(OCc2ccccc2)c(Cl)c1)N(O)C(N)=O.CC(c1ccc(OCc2ccc(C(F)(F)F)cc2)cc1)N(O)C(N)=O.COc1ccc(COc2ccc(C(C)N(O)C(N)=O)cc2)cc1. The maximum absolute atomic E-state index is 12.5. The number of hydrogen-bond acceptors (Lipinski definition) is 10. The van der Waals surface area contributed by atoms with Crippen molar-refractivity contribution >= 4 is 41.3 Å². The second kappa shape index (κ2) is 26.5. The maximum atomic E-state index is 12.5. The molecular weight excluding hydrogens is 972 g/mol. The number of rotatable bonds is 16. The van der Waals surface area contributed by atoms with Crippen molar-refractivity contribution in [2.75, 3.05) is 7.11 Å². The number of amides is 6. The number of ether oxygens (including phenoxy) is 4. The zero-order valence-corrected chi connectivity index (χ0v) is 40.3. The molecule has 0 spiro atoms. The van der Waals surface area contributed by atoms with E-state index in [0.29, 0.717) is 62.3 Å². The average molecular weight is 1030 g/mol. The first kappa shape index (κ1) is 56.2. The molecule has 0 aromatic heterocycles. The average Bonchev–Trinajstić information content (AvgIpc) is 3.36. The van der Waals surface area contributed by atoms with Crippen LogP contribution in [-0.4, -0.2) is 56.0 Å². The second-order valence-corrected chi connectivity index (χ2v) is 16.2. The van der Waals surface area contributed by atoms with Crippen LogP contribution in [0, 0.1) is 0 Å². The van der Waals surface area contributed by atoms with Gasteiger partial charge in [-0.1, -0.05) is 102 Å². The van der Waals surface area contributed by atoms with Crippen molar-refractivity contribution in [3.05, 3.63) is 189 Å². The van der Waals surface area contributed by atoms with Gasteiger partial charge in [0.05, 0.1) is 40.8 Å². The van der Waals surface area contributed by atoms with Crippen LogP contribution in [0.3, 0.4) is 0 Å². The number of methoxy groups -OCH3 is 1. The molecule has 3 atom stereocenters. The first-order valence-corrected chi connectivity index (χ1v) is 22.1. The van der Waals surface area contributed by atoms with E-state index in [1.807, 2.05) is 54.6 Å². The van der Waals surface area contributed by atoms with Gasteiger partial charge in [-0.05, 0) is 115 Å². The Morgan fingerprint density at radius 3 is 1.23 bits per heavy atom. The maximum Gasteiger partial charge on any atom is 0.416 e. The number of benzene rings is 6.